The molecule has 10 heteroatoms. The largest absolute Gasteiger partial charge is 0.366 e. The number of amides is 4. The number of carbonyl (C=O) groups excluding carboxylic acids is 3. The van der Waals surface area contributed by atoms with Gasteiger partial charge in [0.1, 0.15) is 12.4 Å². The number of rotatable bonds is 4. The molecule has 0 bridgehead atoms. The first kappa shape index (κ1) is 22.8. The summed E-state index contributed by atoms with van der Waals surface area (Å²) in [6.07, 6.45) is 0. The minimum absolute atomic E-state index is 0.0226. The van der Waals surface area contributed by atoms with Gasteiger partial charge < -0.3 is 24.9 Å². The first-order chi connectivity index (χ1) is 15.9. The Kier molecular flexibility index (Phi) is 6.98. The van der Waals surface area contributed by atoms with Crippen LogP contribution in [-0.4, -0.2) is 84.9 Å². The molecule has 2 saturated heterocycles. The molecule has 4 rings (SSSR count). The van der Waals surface area contributed by atoms with Crippen LogP contribution in [0.1, 0.15) is 0 Å². The van der Waals surface area contributed by atoms with Crippen LogP contribution >= 0.6 is 11.6 Å². The van der Waals surface area contributed by atoms with Crippen LogP contribution in [0.15, 0.2) is 48.5 Å². The highest BCUT2D eigenvalue weighted by Crippen LogP contribution is 2.20. The number of nitrogens with zero attached hydrogens (tertiary/aromatic N) is 4. The fraction of sp³-hybridized carbons (Fsp3) is 0.348. The normalized spacial score (nSPS) is 16.7. The van der Waals surface area contributed by atoms with Crippen molar-refractivity contribution in [1.82, 2.24) is 14.7 Å². The quantitative estimate of drug-likeness (QED) is 0.740. The van der Waals surface area contributed by atoms with E-state index < -0.39 is 0 Å². The molecule has 0 saturated carbocycles. The van der Waals surface area contributed by atoms with Gasteiger partial charge in [0.05, 0.1) is 12.2 Å². The molecular formula is C23H25ClFN5O3. The molecule has 8 nitrogen and oxygen atoms in total. The van der Waals surface area contributed by atoms with E-state index in [2.05, 4.69) is 5.32 Å². The Labute approximate surface area is 196 Å². The summed E-state index contributed by atoms with van der Waals surface area (Å²) in [5.74, 6) is -0.692. The Bertz CT molecular complexity index is 1030. The number of piperazine rings is 2. The third kappa shape index (κ3) is 5.54. The monoisotopic (exact) mass is 473 g/mol. The topological polar surface area (TPSA) is 76.2 Å². The maximum Gasteiger partial charge on any atom is 0.322 e. The number of nitrogens with one attached hydrogen (secondary N) is 1. The molecule has 1 N–H and O–H groups in total. The molecule has 0 spiro atoms. The van der Waals surface area contributed by atoms with Gasteiger partial charge in [0.25, 0.3) is 0 Å². The SMILES string of the molecule is O=C(CN1CCN(C(=O)Nc2ccc(Cl)cc2)CC1=O)N1CCN(c2ccccc2F)CC1. The number of para-hydroxylation sites is 1. The summed E-state index contributed by atoms with van der Waals surface area (Å²) in [6, 6.07) is 12.9. The lowest BCUT2D eigenvalue weighted by Crippen LogP contribution is -2.57. The van der Waals surface area contributed by atoms with Crippen molar-refractivity contribution in [3.05, 3.63) is 59.4 Å². The number of anilines is 2. The summed E-state index contributed by atoms with van der Waals surface area (Å²) in [5, 5.41) is 3.30. The van der Waals surface area contributed by atoms with E-state index in [9.17, 15) is 18.8 Å². The van der Waals surface area contributed by atoms with Crippen LogP contribution in [0.4, 0.5) is 20.6 Å². The van der Waals surface area contributed by atoms with E-state index in [0.29, 0.717) is 49.1 Å². The molecule has 2 aliphatic heterocycles. The lowest BCUT2D eigenvalue weighted by atomic mass is 10.2. The molecule has 174 valence electrons. The zero-order valence-corrected chi connectivity index (χ0v) is 18.8. The van der Waals surface area contributed by atoms with Gasteiger partial charge in [0.2, 0.25) is 11.8 Å². The number of hydrogen-bond donors (Lipinski definition) is 1. The van der Waals surface area contributed by atoms with Gasteiger partial charge in [-0.3, -0.25) is 9.59 Å². The van der Waals surface area contributed by atoms with Gasteiger partial charge in [0.15, 0.2) is 0 Å². The van der Waals surface area contributed by atoms with Crippen LogP contribution in [0, 0.1) is 5.82 Å². The Balaban J connectivity index is 1.24. The summed E-state index contributed by atoms with van der Waals surface area (Å²) >= 11 is 5.85. The van der Waals surface area contributed by atoms with E-state index in [1.807, 2.05) is 4.90 Å². The summed E-state index contributed by atoms with van der Waals surface area (Å²) < 4.78 is 14.0. The minimum atomic E-state index is -0.374. The molecule has 2 heterocycles. The molecule has 2 aromatic carbocycles. The van der Waals surface area contributed by atoms with Crippen molar-refractivity contribution in [3.8, 4) is 0 Å². The van der Waals surface area contributed by atoms with Crippen LogP contribution in [0.5, 0.6) is 0 Å². The second-order valence-corrected chi connectivity index (χ2v) is 8.43. The third-order valence-electron chi connectivity index (χ3n) is 5.85. The second-order valence-electron chi connectivity index (χ2n) is 7.99. The zero-order valence-electron chi connectivity index (χ0n) is 18.0. The molecule has 0 unspecified atom stereocenters. The summed E-state index contributed by atoms with van der Waals surface area (Å²) in [6.45, 7) is 2.49. The number of benzene rings is 2. The van der Waals surface area contributed by atoms with Gasteiger partial charge >= 0.3 is 6.03 Å². The maximum absolute atomic E-state index is 14.0. The molecule has 0 radical (unpaired) electrons. The average molecular weight is 474 g/mol. The van der Waals surface area contributed by atoms with Crippen molar-refractivity contribution in [2.45, 2.75) is 0 Å². The van der Waals surface area contributed by atoms with Gasteiger partial charge in [-0.2, -0.15) is 0 Å². The predicted octanol–water partition coefficient (Wildman–Crippen LogP) is 2.50. The lowest BCUT2D eigenvalue weighted by molar-refractivity contribution is -0.143. The summed E-state index contributed by atoms with van der Waals surface area (Å²) in [7, 11) is 0. The molecule has 0 aliphatic carbocycles. The number of hydrogen-bond acceptors (Lipinski definition) is 4. The first-order valence-corrected chi connectivity index (χ1v) is 11.1. The van der Waals surface area contributed by atoms with E-state index in [4.69, 9.17) is 11.6 Å². The smallest absolute Gasteiger partial charge is 0.322 e. The average Bonchev–Trinajstić information content (AvgIpc) is 2.82. The van der Waals surface area contributed by atoms with Gasteiger partial charge in [-0.1, -0.05) is 23.7 Å². The fourth-order valence-electron chi connectivity index (χ4n) is 3.95. The molecule has 2 aromatic rings. The van der Waals surface area contributed by atoms with Gasteiger partial charge in [-0.25, -0.2) is 9.18 Å². The fourth-order valence-corrected chi connectivity index (χ4v) is 4.08. The van der Waals surface area contributed by atoms with Crippen LogP contribution in [-0.2, 0) is 9.59 Å². The van der Waals surface area contributed by atoms with E-state index in [1.54, 1.807) is 47.4 Å². The standard InChI is InChI=1S/C23H25ClFN5O3/c24-17-5-7-18(8-6-17)26-23(33)30-14-13-29(22(32)16-30)15-21(31)28-11-9-27(10-12-28)20-4-2-1-3-19(20)25/h1-8H,9-16H2,(H,26,33). The van der Waals surface area contributed by atoms with Crippen molar-refractivity contribution in [1.29, 1.82) is 0 Å². The van der Waals surface area contributed by atoms with Crippen molar-refractivity contribution >= 4 is 40.8 Å². The van der Waals surface area contributed by atoms with Crippen molar-refractivity contribution in [3.63, 3.8) is 0 Å². The molecule has 33 heavy (non-hydrogen) atoms. The van der Waals surface area contributed by atoms with E-state index >= 15 is 0 Å². The van der Waals surface area contributed by atoms with Gasteiger partial charge in [-0.15, -0.1) is 0 Å². The highest BCUT2D eigenvalue weighted by atomic mass is 35.5. The number of halogens is 2. The maximum atomic E-state index is 14.0. The molecular weight excluding hydrogens is 449 g/mol. The predicted molar refractivity (Wildman–Crippen MR) is 124 cm³/mol. The zero-order chi connectivity index (χ0) is 23.4. The Morgan fingerprint density at radius 2 is 1.58 bits per heavy atom. The van der Waals surface area contributed by atoms with Gasteiger partial charge in [0, 0.05) is 50.0 Å². The molecule has 0 aromatic heterocycles. The summed E-state index contributed by atoms with van der Waals surface area (Å²) in [5.41, 5.74) is 1.12. The highest BCUT2D eigenvalue weighted by molar-refractivity contribution is 6.30. The molecule has 4 amide bonds. The Morgan fingerprint density at radius 1 is 0.909 bits per heavy atom. The van der Waals surface area contributed by atoms with Crippen LogP contribution < -0.4 is 10.2 Å². The van der Waals surface area contributed by atoms with Crippen LogP contribution in [0.3, 0.4) is 0 Å². The number of carbonyl (C=O) groups is 3. The van der Waals surface area contributed by atoms with Crippen LogP contribution in [0.25, 0.3) is 0 Å². The van der Waals surface area contributed by atoms with Crippen LogP contribution in [0.2, 0.25) is 5.02 Å². The summed E-state index contributed by atoms with van der Waals surface area (Å²) in [4.78, 5) is 44.3. The third-order valence-corrected chi connectivity index (χ3v) is 6.10. The Hall–Kier alpha value is -3.33. The lowest BCUT2D eigenvalue weighted by Gasteiger charge is -2.38. The van der Waals surface area contributed by atoms with E-state index in [-0.39, 0.29) is 43.3 Å². The minimum Gasteiger partial charge on any atom is -0.366 e. The molecule has 2 aliphatic rings. The number of urea groups is 1. The van der Waals surface area contributed by atoms with E-state index in [1.165, 1.54) is 15.9 Å². The van der Waals surface area contributed by atoms with Crippen molar-refractivity contribution < 1.29 is 18.8 Å². The van der Waals surface area contributed by atoms with Gasteiger partial charge in [-0.05, 0) is 36.4 Å². The molecule has 0 atom stereocenters. The highest BCUT2D eigenvalue weighted by Gasteiger charge is 2.30. The van der Waals surface area contributed by atoms with E-state index in [0.717, 1.165) is 0 Å². The van der Waals surface area contributed by atoms with Crippen molar-refractivity contribution in [2.24, 2.45) is 0 Å². The van der Waals surface area contributed by atoms with Crippen molar-refractivity contribution in [2.75, 3.05) is 62.6 Å². The first-order valence-electron chi connectivity index (χ1n) is 10.8. The Morgan fingerprint density at radius 3 is 2.24 bits per heavy atom. The second kappa shape index (κ2) is 10.1. The molecule has 2 fully saturated rings.